The van der Waals surface area contributed by atoms with Crippen LogP contribution in [-0.4, -0.2) is 27.9 Å². The van der Waals surface area contributed by atoms with E-state index in [2.05, 4.69) is 50.6 Å². The highest BCUT2D eigenvalue weighted by Gasteiger charge is 2.17. The fraction of sp³-hybridized carbons (Fsp3) is 0.400. The summed E-state index contributed by atoms with van der Waals surface area (Å²) in [6, 6.07) is 7.53. The maximum atomic E-state index is 12.2. The summed E-state index contributed by atoms with van der Waals surface area (Å²) < 4.78 is 1.72. The number of nitrogens with one attached hydrogen (secondary N) is 2. The third-order valence-corrected chi connectivity index (χ3v) is 5.37. The molecule has 0 aliphatic rings. The summed E-state index contributed by atoms with van der Waals surface area (Å²) in [6.07, 6.45) is 0. The Morgan fingerprint density at radius 2 is 2.13 bits per heavy atom. The van der Waals surface area contributed by atoms with Crippen molar-refractivity contribution in [2.24, 2.45) is 5.92 Å². The summed E-state index contributed by atoms with van der Waals surface area (Å²) in [5.41, 5.74) is 0.772. The normalized spacial score (nSPS) is 12.2. The van der Waals surface area contributed by atoms with Gasteiger partial charge in [0.1, 0.15) is 0 Å². The van der Waals surface area contributed by atoms with Crippen LogP contribution in [0.3, 0.4) is 0 Å². The van der Waals surface area contributed by atoms with Crippen LogP contribution in [0, 0.1) is 5.92 Å². The predicted molar refractivity (Wildman–Crippen MR) is 101 cm³/mol. The second kappa shape index (κ2) is 8.65. The molecule has 0 saturated carbocycles. The Hall–Kier alpha value is -1.12. The number of carbonyl (C=O) groups is 1. The zero-order chi connectivity index (χ0) is 16.8. The Labute approximate surface area is 152 Å². The summed E-state index contributed by atoms with van der Waals surface area (Å²) >= 11 is 6.27. The standard InChI is InChI=1S/C15H19BrN4OS2/c1-9(2)8-17-14-19-20-15(23-14)22-10(3)13(21)18-12-6-4-5-11(16)7-12/h4-7,9-10H,8H2,1-3H3,(H,17,19)(H,18,21)/t10-/m1/s1. The van der Waals surface area contributed by atoms with E-state index in [0.29, 0.717) is 5.92 Å². The van der Waals surface area contributed by atoms with Crippen LogP contribution in [0.5, 0.6) is 0 Å². The molecule has 5 nitrogen and oxygen atoms in total. The van der Waals surface area contributed by atoms with E-state index in [1.54, 1.807) is 0 Å². The molecule has 2 rings (SSSR count). The molecule has 1 aromatic carbocycles. The van der Waals surface area contributed by atoms with E-state index in [1.165, 1.54) is 23.1 Å². The molecule has 0 unspecified atom stereocenters. The number of nitrogens with zero attached hydrogens (tertiary/aromatic N) is 2. The first-order valence-electron chi connectivity index (χ1n) is 7.24. The minimum absolute atomic E-state index is 0.0556. The lowest BCUT2D eigenvalue weighted by atomic mass is 10.2. The highest BCUT2D eigenvalue weighted by molar-refractivity contribution is 9.10. The Morgan fingerprint density at radius 3 is 2.83 bits per heavy atom. The van der Waals surface area contributed by atoms with E-state index in [-0.39, 0.29) is 11.2 Å². The number of amides is 1. The van der Waals surface area contributed by atoms with Crippen LogP contribution in [-0.2, 0) is 4.79 Å². The van der Waals surface area contributed by atoms with Gasteiger partial charge < -0.3 is 10.6 Å². The van der Waals surface area contributed by atoms with E-state index >= 15 is 0 Å². The molecule has 0 fully saturated rings. The minimum atomic E-state index is -0.250. The van der Waals surface area contributed by atoms with Gasteiger partial charge in [-0.3, -0.25) is 4.79 Å². The average molecular weight is 415 g/mol. The smallest absolute Gasteiger partial charge is 0.237 e. The fourth-order valence-electron chi connectivity index (χ4n) is 1.64. The van der Waals surface area contributed by atoms with Crippen molar-refractivity contribution < 1.29 is 4.79 Å². The second-order valence-electron chi connectivity index (χ2n) is 5.41. The maximum Gasteiger partial charge on any atom is 0.237 e. The van der Waals surface area contributed by atoms with Gasteiger partial charge in [-0.1, -0.05) is 58.9 Å². The molecule has 2 aromatic rings. The summed E-state index contributed by atoms with van der Waals surface area (Å²) in [4.78, 5) is 12.2. The largest absolute Gasteiger partial charge is 0.360 e. The number of rotatable bonds is 7. The van der Waals surface area contributed by atoms with E-state index in [9.17, 15) is 4.79 Å². The van der Waals surface area contributed by atoms with Crippen LogP contribution in [0.2, 0.25) is 0 Å². The van der Waals surface area contributed by atoms with Gasteiger partial charge in [0.2, 0.25) is 11.0 Å². The highest BCUT2D eigenvalue weighted by atomic mass is 79.9. The van der Waals surface area contributed by atoms with E-state index in [1.807, 2.05) is 31.2 Å². The molecule has 1 atom stereocenters. The SMILES string of the molecule is CC(C)CNc1nnc(S[C@H](C)C(=O)Nc2cccc(Br)c2)s1. The lowest BCUT2D eigenvalue weighted by molar-refractivity contribution is -0.115. The summed E-state index contributed by atoms with van der Waals surface area (Å²) in [5, 5.41) is 14.9. The minimum Gasteiger partial charge on any atom is -0.360 e. The molecule has 2 N–H and O–H groups in total. The first kappa shape index (κ1) is 18.2. The monoisotopic (exact) mass is 414 g/mol. The van der Waals surface area contributed by atoms with Gasteiger partial charge in [-0.25, -0.2) is 0 Å². The summed E-state index contributed by atoms with van der Waals surface area (Å²) in [5.74, 6) is 0.491. The van der Waals surface area contributed by atoms with Crippen LogP contribution in [0.25, 0.3) is 0 Å². The second-order valence-corrected chi connectivity index (χ2v) is 8.89. The van der Waals surface area contributed by atoms with Gasteiger partial charge in [0.25, 0.3) is 0 Å². The van der Waals surface area contributed by atoms with Crippen molar-refractivity contribution in [3.05, 3.63) is 28.7 Å². The third kappa shape index (κ3) is 6.12. The van der Waals surface area contributed by atoms with Crippen LogP contribution >= 0.6 is 39.0 Å². The zero-order valence-corrected chi connectivity index (χ0v) is 16.4. The number of hydrogen-bond donors (Lipinski definition) is 2. The predicted octanol–water partition coefficient (Wildman–Crippen LogP) is 4.49. The number of carbonyl (C=O) groups excluding carboxylic acids is 1. The number of aromatic nitrogens is 2. The Morgan fingerprint density at radius 1 is 1.35 bits per heavy atom. The molecule has 8 heteroatoms. The Kier molecular flexibility index (Phi) is 6.86. The lowest BCUT2D eigenvalue weighted by Crippen LogP contribution is -2.22. The fourth-order valence-corrected chi connectivity index (χ4v) is 3.94. The molecular formula is C15H19BrN4OS2. The number of hydrogen-bond acceptors (Lipinski definition) is 6. The topological polar surface area (TPSA) is 66.9 Å². The molecule has 0 aliphatic carbocycles. The van der Waals surface area contributed by atoms with E-state index in [4.69, 9.17) is 0 Å². The third-order valence-electron chi connectivity index (χ3n) is 2.81. The van der Waals surface area contributed by atoms with Gasteiger partial charge in [-0.05, 0) is 31.0 Å². The van der Waals surface area contributed by atoms with Gasteiger partial charge in [0.05, 0.1) is 5.25 Å². The Balaban J connectivity index is 1.88. The van der Waals surface area contributed by atoms with Crippen LogP contribution in [0.15, 0.2) is 33.1 Å². The van der Waals surface area contributed by atoms with Gasteiger partial charge in [0.15, 0.2) is 4.34 Å². The van der Waals surface area contributed by atoms with E-state index in [0.717, 1.165) is 26.2 Å². The maximum absolute atomic E-state index is 12.2. The van der Waals surface area contributed by atoms with Crippen molar-refractivity contribution in [2.45, 2.75) is 30.4 Å². The van der Waals surface area contributed by atoms with Gasteiger partial charge in [-0.2, -0.15) is 0 Å². The molecule has 1 heterocycles. The number of anilines is 2. The van der Waals surface area contributed by atoms with Crippen LogP contribution in [0.4, 0.5) is 10.8 Å². The van der Waals surface area contributed by atoms with Crippen molar-refractivity contribution >= 4 is 55.8 Å². The lowest BCUT2D eigenvalue weighted by Gasteiger charge is -2.10. The van der Waals surface area contributed by atoms with Gasteiger partial charge in [0, 0.05) is 16.7 Å². The van der Waals surface area contributed by atoms with Crippen LogP contribution in [0.1, 0.15) is 20.8 Å². The molecule has 1 amide bonds. The van der Waals surface area contributed by atoms with Crippen molar-refractivity contribution in [2.75, 3.05) is 17.2 Å². The first-order valence-corrected chi connectivity index (χ1v) is 9.73. The molecule has 0 aliphatic heterocycles. The summed E-state index contributed by atoms with van der Waals surface area (Å²) in [7, 11) is 0. The number of halogens is 1. The molecule has 0 saturated heterocycles. The molecular weight excluding hydrogens is 396 g/mol. The first-order chi connectivity index (χ1) is 10.9. The Bertz CT molecular complexity index is 662. The molecule has 0 radical (unpaired) electrons. The highest BCUT2D eigenvalue weighted by Crippen LogP contribution is 2.29. The zero-order valence-electron chi connectivity index (χ0n) is 13.2. The molecule has 124 valence electrons. The quantitative estimate of drug-likeness (QED) is 0.653. The molecule has 1 aromatic heterocycles. The number of thioether (sulfide) groups is 1. The molecule has 0 bridgehead atoms. The average Bonchev–Trinajstić information content (AvgIpc) is 2.92. The number of benzene rings is 1. The molecule has 0 spiro atoms. The van der Waals surface area contributed by atoms with E-state index < -0.39 is 0 Å². The summed E-state index contributed by atoms with van der Waals surface area (Å²) in [6.45, 7) is 6.99. The van der Waals surface area contributed by atoms with Crippen molar-refractivity contribution in [3.8, 4) is 0 Å². The van der Waals surface area contributed by atoms with Crippen LogP contribution < -0.4 is 10.6 Å². The van der Waals surface area contributed by atoms with Crippen molar-refractivity contribution in [1.82, 2.24) is 10.2 Å². The van der Waals surface area contributed by atoms with Gasteiger partial charge in [-0.15, -0.1) is 10.2 Å². The van der Waals surface area contributed by atoms with Crippen molar-refractivity contribution in [3.63, 3.8) is 0 Å². The van der Waals surface area contributed by atoms with Gasteiger partial charge >= 0.3 is 0 Å². The van der Waals surface area contributed by atoms with Crippen molar-refractivity contribution in [1.29, 1.82) is 0 Å². The molecule has 23 heavy (non-hydrogen) atoms.